The van der Waals surface area contributed by atoms with Crippen molar-refractivity contribution in [3.63, 3.8) is 0 Å². The van der Waals surface area contributed by atoms with Crippen LogP contribution in [0.3, 0.4) is 0 Å². The lowest BCUT2D eigenvalue weighted by molar-refractivity contribution is 0.392. The number of nitrogens with zero attached hydrogens (tertiary/aromatic N) is 1. The first-order chi connectivity index (χ1) is 8.49. The molecule has 0 aliphatic rings. The summed E-state index contributed by atoms with van der Waals surface area (Å²) >= 11 is 15.6. The van der Waals surface area contributed by atoms with Gasteiger partial charge in [0.25, 0.3) is 0 Å². The topological polar surface area (TPSA) is 38.1 Å². The van der Waals surface area contributed by atoms with Crippen molar-refractivity contribution in [2.45, 2.75) is 20.4 Å². The molecule has 0 aliphatic carbocycles. The molecule has 1 heterocycles. The van der Waals surface area contributed by atoms with Crippen LogP contribution < -0.4 is 5.32 Å². The number of aromatic nitrogens is 1. The van der Waals surface area contributed by atoms with Crippen molar-refractivity contribution >= 4 is 44.8 Å². The van der Waals surface area contributed by atoms with E-state index in [0.29, 0.717) is 22.3 Å². The highest BCUT2D eigenvalue weighted by atomic mass is 79.9. The van der Waals surface area contributed by atoms with E-state index in [2.05, 4.69) is 26.4 Å². The summed E-state index contributed by atoms with van der Waals surface area (Å²) in [7, 11) is 0. The minimum absolute atomic E-state index is 0.570. The molecule has 1 aromatic heterocycles. The van der Waals surface area contributed by atoms with Crippen molar-refractivity contribution in [2.24, 2.45) is 0 Å². The first-order valence-electron chi connectivity index (χ1n) is 5.29. The van der Waals surface area contributed by atoms with Gasteiger partial charge in [0.2, 0.25) is 0 Å². The van der Waals surface area contributed by atoms with Gasteiger partial charge in [-0.15, -0.1) is 0 Å². The summed E-state index contributed by atoms with van der Waals surface area (Å²) < 4.78 is 5.95. The zero-order valence-corrected chi connectivity index (χ0v) is 12.9. The lowest BCUT2D eigenvalue weighted by Gasteiger charge is -2.10. The molecule has 0 saturated heterocycles. The van der Waals surface area contributed by atoms with Crippen LogP contribution in [0.15, 0.2) is 21.1 Å². The summed E-state index contributed by atoms with van der Waals surface area (Å²) in [6, 6.07) is 3.59. The van der Waals surface area contributed by atoms with E-state index in [9.17, 15) is 0 Å². The number of benzene rings is 1. The van der Waals surface area contributed by atoms with Crippen LogP contribution in [-0.2, 0) is 6.54 Å². The molecule has 3 nitrogen and oxygen atoms in total. The lowest BCUT2D eigenvalue weighted by Crippen LogP contribution is -2.02. The number of anilines is 1. The maximum Gasteiger partial charge on any atom is 0.138 e. The predicted molar refractivity (Wildman–Crippen MR) is 77.5 cm³/mol. The maximum absolute atomic E-state index is 6.14. The van der Waals surface area contributed by atoms with E-state index in [0.717, 1.165) is 21.5 Å². The third kappa shape index (κ3) is 2.82. The fraction of sp³-hybridized carbons (Fsp3) is 0.250. The van der Waals surface area contributed by atoms with Gasteiger partial charge in [0.05, 0.1) is 21.4 Å². The van der Waals surface area contributed by atoms with Crippen molar-refractivity contribution in [3.8, 4) is 0 Å². The summed E-state index contributed by atoms with van der Waals surface area (Å²) in [5, 5.41) is 8.25. The second kappa shape index (κ2) is 5.51. The van der Waals surface area contributed by atoms with Gasteiger partial charge in [-0.25, -0.2) is 0 Å². The molecule has 0 aliphatic heterocycles. The average molecular weight is 350 g/mol. The molecule has 1 aromatic carbocycles. The van der Waals surface area contributed by atoms with E-state index >= 15 is 0 Å². The third-order valence-electron chi connectivity index (χ3n) is 2.63. The minimum atomic E-state index is 0.570. The Kier molecular flexibility index (Phi) is 4.20. The second-order valence-electron chi connectivity index (χ2n) is 3.90. The Morgan fingerprint density at radius 1 is 1.28 bits per heavy atom. The highest BCUT2D eigenvalue weighted by Crippen LogP contribution is 2.34. The van der Waals surface area contributed by atoms with Crippen molar-refractivity contribution in [1.29, 1.82) is 0 Å². The van der Waals surface area contributed by atoms with Crippen LogP contribution in [0.25, 0.3) is 0 Å². The predicted octanol–water partition coefficient (Wildman–Crippen LogP) is 4.97. The number of nitrogens with one attached hydrogen (secondary N) is 1. The molecule has 0 amide bonds. The van der Waals surface area contributed by atoms with Gasteiger partial charge in [0.1, 0.15) is 5.76 Å². The van der Waals surface area contributed by atoms with Crippen molar-refractivity contribution in [3.05, 3.63) is 43.7 Å². The summed E-state index contributed by atoms with van der Waals surface area (Å²) in [6.07, 6.45) is 0. The SMILES string of the molecule is Cc1noc(C)c1CNc1c(Cl)cc(Br)cc1Cl. The van der Waals surface area contributed by atoms with Crippen LogP contribution in [0, 0.1) is 13.8 Å². The maximum atomic E-state index is 6.14. The third-order valence-corrected chi connectivity index (χ3v) is 3.68. The van der Waals surface area contributed by atoms with Crippen LogP contribution in [0.4, 0.5) is 5.69 Å². The molecule has 0 saturated carbocycles. The lowest BCUT2D eigenvalue weighted by atomic mass is 10.2. The molecular formula is C12H11BrCl2N2O. The van der Waals surface area contributed by atoms with Gasteiger partial charge in [-0.05, 0) is 26.0 Å². The molecule has 6 heteroatoms. The van der Waals surface area contributed by atoms with Gasteiger partial charge < -0.3 is 9.84 Å². The molecule has 0 bridgehead atoms. The summed E-state index contributed by atoms with van der Waals surface area (Å²) in [4.78, 5) is 0. The van der Waals surface area contributed by atoms with Crippen molar-refractivity contribution in [1.82, 2.24) is 5.16 Å². The fourth-order valence-corrected chi connectivity index (χ4v) is 2.98. The largest absolute Gasteiger partial charge is 0.378 e. The molecular weight excluding hydrogens is 339 g/mol. The standard InChI is InChI=1S/C12H11BrCl2N2O/c1-6-9(7(2)18-17-6)5-16-12-10(14)3-8(13)4-11(12)15/h3-4,16H,5H2,1-2H3. The first-order valence-corrected chi connectivity index (χ1v) is 6.84. The van der Waals surface area contributed by atoms with Gasteiger partial charge in [-0.1, -0.05) is 44.3 Å². The smallest absolute Gasteiger partial charge is 0.138 e. The quantitative estimate of drug-likeness (QED) is 0.849. The first kappa shape index (κ1) is 13.7. The van der Waals surface area contributed by atoms with Gasteiger partial charge >= 0.3 is 0 Å². The van der Waals surface area contributed by atoms with Crippen LogP contribution in [-0.4, -0.2) is 5.16 Å². The monoisotopic (exact) mass is 348 g/mol. The zero-order chi connectivity index (χ0) is 13.3. The Labute approximate surface area is 124 Å². The zero-order valence-electron chi connectivity index (χ0n) is 9.85. The number of hydrogen-bond donors (Lipinski definition) is 1. The number of halogens is 3. The molecule has 0 radical (unpaired) electrons. The van der Waals surface area contributed by atoms with Crippen LogP contribution >= 0.6 is 39.1 Å². The minimum Gasteiger partial charge on any atom is -0.378 e. The second-order valence-corrected chi connectivity index (χ2v) is 5.63. The summed E-state index contributed by atoms with van der Waals surface area (Å²) in [5.74, 6) is 0.796. The average Bonchev–Trinajstić information content (AvgIpc) is 2.58. The normalized spacial score (nSPS) is 10.7. The Bertz CT molecular complexity index is 541. The Morgan fingerprint density at radius 3 is 2.39 bits per heavy atom. The number of aryl methyl sites for hydroxylation is 2. The summed E-state index contributed by atoms with van der Waals surface area (Å²) in [5.41, 5.74) is 2.59. The van der Waals surface area contributed by atoms with Crippen molar-refractivity contribution in [2.75, 3.05) is 5.32 Å². The highest BCUT2D eigenvalue weighted by Gasteiger charge is 2.11. The molecule has 96 valence electrons. The molecule has 0 atom stereocenters. The van der Waals surface area contributed by atoms with E-state index in [1.165, 1.54) is 0 Å². The van der Waals surface area contributed by atoms with E-state index in [4.69, 9.17) is 27.7 Å². The van der Waals surface area contributed by atoms with E-state index in [-0.39, 0.29) is 0 Å². The molecule has 18 heavy (non-hydrogen) atoms. The Hall–Kier alpha value is -0.710. The molecule has 0 fully saturated rings. The summed E-state index contributed by atoms with van der Waals surface area (Å²) in [6.45, 7) is 4.35. The molecule has 2 rings (SSSR count). The van der Waals surface area contributed by atoms with Crippen LogP contribution in [0.2, 0.25) is 10.0 Å². The molecule has 1 N–H and O–H groups in total. The van der Waals surface area contributed by atoms with Gasteiger partial charge in [-0.3, -0.25) is 0 Å². The van der Waals surface area contributed by atoms with E-state index < -0.39 is 0 Å². The fourth-order valence-electron chi connectivity index (χ4n) is 1.64. The van der Waals surface area contributed by atoms with Gasteiger partial charge in [-0.2, -0.15) is 0 Å². The van der Waals surface area contributed by atoms with Gasteiger partial charge in [0, 0.05) is 16.6 Å². The Morgan fingerprint density at radius 2 is 1.89 bits per heavy atom. The van der Waals surface area contributed by atoms with Crippen molar-refractivity contribution < 1.29 is 4.52 Å². The Balaban J connectivity index is 2.21. The van der Waals surface area contributed by atoms with E-state index in [1.54, 1.807) is 12.1 Å². The molecule has 0 spiro atoms. The highest BCUT2D eigenvalue weighted by molar-refractivity contribution is 9.10. The van der Waals surface area contributed by atoms with Crippen LogP contribution in [0.5, 0.6) is 0 Å². The number of rotatable bonds is 3. The van der Waals surface area contributed by atoms with Crippen LogP contribution in [0.1, 0.15) is 17.0 Å². The molecule has 2 aromatic rings. The van der Waals surface area contributed by atoms with Gasteiger partial charge in [0.15, 0.2) is 0 Å². The number of hydrogen-bond acceptors (Lipinski definition) is 3. The molecule has 0 unspecified atom stereocenters. The van der Waals surface area contributed by atoms with E-state index in [1.807, 2.05) is 13.8 Å².